The van der Waals surface area contributed by atoms with E-state index in [-0.39, 0.29) is 5.60 Å². The third-order valence-corrected chi connectivity index (χ3v) is 6.04. The van der Waals surface area contributed by atoms with Crippen LogP contribution in [0.1, 0.15) is 58.9 Å². The first-order valence-electron chi connectivity index (χ1n) is 9.41. The molecule has 24 heavy (non-hydrogen) atoms. The normalized spacial score (nSPS) is 27.4. The molecule has 0 radical (unpaired) electrons. The lowest BCUT2D eigenvalue weighted by Gasteiger charge is -2.49. The second-order valence-corrected chi connectivity index (χ2v) is 7.87. The van der Waals surface area contributed by atoms with Crippen LogP contribution in [-0.2, 0) is 11.3 Å². The van der Waals surface area contributed by atoms with Gasteiger partial charge >= 0.3 is 0 Å². The van der Waals surface area contributed by atoms with Crippen LogP contribution in [0.5, 0.6) is 5.75 Å². The smallest absolute Gasteiger partial charge is 0.118 e. The maximum Gasteiger partial charge on any atom is 0.118 e. The van der Waals surface area contributed by atoms with Gasteiger partial charge in [0, 0.05) is 13.2 Å². The van der Waals surface area contributed by atoms with E-state index in [9.17, 15) is 0 Å². The van der Waals surface area contributed by atoms with Crippen LogP contribution >= 0.6 is 0 Å². The van der Waals surface area contributed by atoms with Crippen LogP contribution in [0.2, 0.25) is 0 Å². The summed E-state index contributed by atoms with van der Waals surface area (Å²) < 4.78 is 11.3. The quantitative estimate of drug-likeness (QED) is 0.693. The highest BCUT2D eigenvalue weighted by atomic mass is 16.5. The topological polar surface area (TPSA) is 30.5 Å². The zero-order chi connectivity index (χ0) is 17.6. The monoisotopic (exact) mass is 333 g/mol. The molecule has 3 nitrogen and oxygen atoms in total. The molecule has 1 N–H and O–H groups in total. The molecule has 0 unspecified atom stereocenters. The third kappa shape index (κ3) is 4.73. The van der Waals surface area contributed by atoms with Gasteiger partial charge in [-0.1, -0.05) is 32.9 Å². The van der Waals surface area contributed by atoms with E-state index in [1.807, 2.05) is 12.1 Å². The molecular formula is C21H35NO2. The predicted molar refractivity (Wildman–Crippen MR) is 100 cm³/mol. The number of hydrogen-bond donors (Lipinski definition) is 1. The zero-order valence-corrected chi connectivity index (χ0v) is 16.2. The van der Waals surface area contributed by atoms with Crippen molar-refractivity contribution < 1.29 is 9.47 Å². The second-order valence-electron chi connectivity index (χ2n) is 7.87. The van der Waals surface area contributed by atoms with Crippen molar-refractivity contribution in [2.45, 2.75) is 65.5 Å². The van der Waals surface area contributed by atoms with E-state index in [4.69, 9.17) is 9.47 Å². The molecule has 0 aromatic heterocycles. The molecule has 1 aliphatic rings. The molecule has 1 heterocycles. The van der Waals surface area contributed by atoms with Crippen molar-refractivity contribution in [3.05, 3.63) is 29.8 Å². The first-order chi connectivity index (χ1) is 11.4. The number of methoxy groups -OCH3 is 1. The Bertz CT molecular complexity index is 499. The van der Waals surface area contributed by atoms with Gasteiger partial charge in [0.1, 0.15) is 5.75 Å². The minimum Gasteiger partial charge on any atom is -0.497 e. The summed E-state index contributed by atoms with van der Waals surface area (Å²) >= 11 is 0. The number of nitrogens with one attached hydrogen (secondary N) is 1. The fourth-order valence-corrected chi connectivity index (χ4v) is 3.92. The molecule has 0 aliphatic carbocycles. The third-order valence-electron chi connectivity index (χ3n) is 6.04. The van der Waals surface area contributed by atoms with Gasteiger partial charge in [-0.05, 0) is 68.2 Å². The van der Waals surface area contributed by atoms with Crippen LogP contribution in [-0.4, -0.2) is 25.9 Å². The van der Waals surface area contributed by atoms with E-state index in [1.54, 1.807) is 7.11 Å². The molecule has 136 valence electrons. The fraction of sp³-hybridized carbons (Fsp3) is 0.714. The molecule has 0 spiro atoms. The van der Waals surface area contributed by atoms with Crippen molar-refractivity contribution in [1.29, 1.82) is 0 Å². The van der Waals surface area contributed by atoms with Crippen LogP contribution in [0.4, 0.5) is 0 Å². The van der Waals surface area contributed by atoms with Crippen molar-refractivity contribution in [3.63, 3.8) is 0 Å². The highest BCUT2D eigenvalue weighted by Crippen LogP contribution is 2.47. The summed E-state index contributed by atoms with van der Waals surface area (Å²) in [6.45, 7) is 12.2. The van der Waals surface area contributed by atoms with Gasteiger partial charge in [-0.15, -0.1) is 0 Å². The fourth-order valence-electron chi connectivity index (χ4n) is 3.92. The molecule has 1 aromatic rings. The summed E-state index contributed by atoms with van der Waals surface area (Å²) in [6, 6.07) is 8.31. The standard InChI is InChI=1S/C21H35NO2/c1-6-20(4)16-21(17(2)3,12-14-24-20)11-13-22-15-18-7-9-19(23-5)10-8-18/h7-10,17,22H,6,11-16H2,1-5H3/t20-,21-/m1/s1. The maximum absolute atomic E-state index is 6.09. The van der Waals surface area contributed by atoms with Gasteiger partial charge in [-0.3, -0.25) is 0 Å². The van der Waals surface area contributed by atoms with E-state index in [0.29, 0.717) is 11.3 Å². The van der Waals surface area contributed by atoms with Gasteiger partial charge in [0.25, 0.3) is 0 Å². The molecule has 1 saturated heterocycles. The Morgan fingerprint density at radius 3 is 2.54 bits per heavy atom. The highest BCUT2D eigenvalue weighted by molar-refractivity contribution is 5.26. The van der Waals surface area contributed by atoms with Crippen molar-refractivity contribution >= 4 is 0 Å². The van der Waals surface area contributed by atoms with Crippen LogP contribution < -0.4 is 10.1 Å². The molecule has 2 atom stereocenters. The molecular weight excluding hydrogens is 298 g/mol. The van der Waals surface area contributed by atoms with Gasteiger partial charge in [-0.25, -0.2) is 0 Å². The van der Waals surface area contributed by atoms with Gasteiger partial charge in [0.2, 0.25) is 0 Å². The number of hydrogen-bond acceptors (Lipinski definition) is 3. The Hall–Kier alpha value is -1.06. The van der Waals surface area contributed by atoms with Crippen LogP contribution in [0.3, 0.4) is 0 Å². The minimum atomic E-state index is 0.0541. The van der Waals surface area contributed by atoms with Gasteiger partial charge in [0.15, 0.2) is 0 Å². The number of ether oxygens (including phenoxy) is 2. The molecule has 1 aromatic carbocycles. The minimum absolute atomic E-state index is 0.0541. The van der Waals surface area contributed by atoms with E-state index in [0.717, 1.165) is 31.9 Å². The average Bonchev–Trinajstić information content (AvgIpc) is 2.59. The molecule has 1 aliphatic heterocycles. The lowest BCUT2D eigenvalue weighted by molar-refractivity contribution is -0.132. The predicted octanol–water partition coefficient (Wildman–Crippen LogP) is 4.80. The molecule has 3 heteroatoms. The van der Waals surface area contributed by atoms with E-state index >= 15 is 0 Å². The molecule has 0 amide bonds. The molecule has 0 bridgehead atoms. The van der Waals surface area contributed by atoms with Crippen LogP contribution in [0.25, 0.3) is 0 Å². The zero-order valence-electron chi connectivity index (χ0n) is 16.2. The number of rotatable bonds is 8. The summed E-state index contributed by atoms with van der Waals surface area (Å²) in [4.78, 5) is 0. The summed E-state index contributed by atoms with van der Waals surface area (Å²) in [6.07, 6.45) is 4.68. The highest BCUT2D eigenvalue weighted by Gasteiger charge is 2.43. The first-order valence-corrected chi connectivity index (χ1v) is 9.41. The molecule has 0 saturated carbocycles. The van der Waals surface area contributed by atoms with E-state index in [1.165, 1.54) is 24.8 Å². The van der Waals surface area contributed by atoms with Crippen molar-refractivity contribution in [2.75, 3.05) is 20.3 Å². The van der Waals surface area contributed by atoms with E-state index < -0.39 is 0 Å². The summed E-state index contributed by atoms with van der Waals surface area (Å²) in [5, 5.41) is 3.63. The largest absolute Gasteiger partial charge is 0.497 e. The molecule has 1 fully saturated rings. The number of benzene rings is 1. The summed E-state index contributed by atoms with van der Waals surface area (Å²) in [7, 11) is 1.70. The summed E-state index contributed by atoms with van der Waals surface area (Å²) in [5.74, 6) is 1.61. The molecule has 2 rings (SSSR count). The maximum atomic E-state index is 6.09. The van der Waals surface area contributed by atoms with Crippen molar-refractivity contribution in [2.24, 2.45) is 11.3 Å². The van der Waals surface area contributed by atoms with Crippen molar-refractivity contribution in [1.82, 2.24) is 5.32 Å². The van der Waals surface area contributed by atoms with E-state index in [2.05, 4.69) is 45.1 Å². The SMILES string of the molecule is CC[C@]1(C)C[C@](CCNCc2ccc(OC)cc2)(C(C)C)CCO1. The lowest BCUT2D eigenvalue weighted by Crippen LogP contribution is -2.46. The Morgan fingerprint density at radius 1 is 1.25 bits per heavy atom. The Morgan fingerprint density at radius 2 is 1.96 bits per heavy atom. The Kier molecular flexibility index (Phi) is 6.70. The second kappa shape index (κ2) is 8.35. The lowest BCUT2D eigenvalue weighted by atomic mass is 9.64. The average molecular weight is 334 g/mol. The van der Waals surface area contributed by atoms with Crippen molar-refractivity contribution in [3.8, 4) is 5.75 Å². The Balaban J connectivity index is 1.87. The van der Waals surface area contributed by atoms with Gasteiger partial charge in [-0.2, -0.15) is 0 Å². The summed E-state index contributed by atoms with van der Waals surface area (Å²) in [5.41, 5.74) is 1.76. The van der Waals surface area contributed by atoms with Crippen LogP contribution in [0, 0.1) is 11.3 Å². The first kappa shape index (κ1) is 19.3. The van der Waals surface area contributed by atoms with Gasteiger partial charge < -0.3 is 14.8 Å². The Labute approximate surface area is 148 Å². The van der Waals surface area contributed by atoms with Gasteiger partial charge in [0.05, 0.1) is 12.7 Å². The van der Waals surface area contributed by atoms with Crippen LogP contribution in [0.15, 0.2) is 24.3 Å².